The van der Waals surface area contributed by atoms with Crippen LogP contribution in [0.1, 0.15) is 24.5 Å². The first kappa shape index (κ1) is 15.3. The Balaban J connectivity index is 2.37. The summed E-state index contributed by atoms with van der Waals surface area (Å²) in [7, 11) is -0.750. The van der Waals surface area contributed by atoms with Crippen LogP contribution in [0.25, 0.3) is 11.0 Å². The maximum atomic E-state index is 11.2. The van der Waals surface area contributed by atoms with E-state index >= 15 is 0 Å². The van der Waals surface area contributed by atoms with E-state index in [-0.39, 0.29) is 5.38 Å². The molecule has 0 saturated heterocycles. The molecule has 0 radical (unpaired) electrons. The molecule has 19 heavy (non-hydrogen) atoms. The van der Waals surface area contributed by atoms with Gasteiger partial charge in [0.15, 0.2) is 0 Å². The highest BCUT2D eigenvalue weighted by Crippen LogP contribution is 2.26. The zero-order valence-corrected chi connectivity index (χ0v) is 14.6. The molecular formula is C13H16ClIN2OS. The van der Waals surface area contributed by atoms with Crippen LogP contribution < -0.4 is 0 Å². The second kappa shape index (κ2) is 6.54. The van der Waals surface area contributed by atoms with Gasteiger partial charge in [-0.1, -0.05) is 0 Å². The molecule has 6 heteroatoms. The van der Waals surface area contributed by atoms with E-state index in [0.717, 1.165) is 33.4 Å². The van der Waals surface area contributed by atoms with E-state index in [0.29, 0.717) is 5.75 Å². The fourth-order valence-corrected chi connectivity index (χ4v) is 3.26. The summed E-state index contributed by atoms with van der Waals surface area (Å²) in [6.45, 7) is 2.74. The molecule has 0 aliphatic carbocycles. The number of aryl methyl sites for hydroxylation is 1. The van der Waals surface area contributed by atoms with Gasteiger partial charge in [0.05, 0.1) is 16.4 Å². The zero-order chi connectivity index (χ0) is 14.0. The Hall–Kier alpha value is -0.140. The first-order valence-electron chi connectivity index (χ1n) is 6.09. The fourth-order valence-electron chi connectivity index (χ4n) is 2.09. The van der Waals surface area contributed by atoms with Crippen LogP contribution in [0.4, 0.5) is 0 Å². The maximum Gasteiger partial charge on any atom is 0.127 e. The van der Waals surface area contributed by atoms with E-state index in [1.165, 1.54) is 0 Å². The van der Waals surface area contributed by atoms with E-state index in [4.69, 9.17) is 11.6 Å². The number of benzene rings is 1. The molecule has 3 nitrogen and oxygen atoms in total. The Morgan fingerprint density at radius 2 is 2.26 bits per heavy atom. The lowest BCUT2D eigenvalue weighted by atomic mass is 10.3. The maximum absolute atomic E-state index is 11.2. The van der Waals surface area contributed by atoms with Gasteiger partial charge in [-0.15, -0.1) is 11.6 Å². The Morgan fingerprint density at radius 1 is 1.53 bits per heavy atom. The number of fused-ring (bicyclic) bond motifs is 1. The van der Waals surface area contributed by atoms with Crippen molar-refractivity contribution in [2.24, 2.45) is 0 Å². The second-order valence-corrected chi connectivity index (χ2v) is 7.96. The predicted molar refractivity (Wildman–Crippen MR) is 90.3 cm³/mol. The lowest BCUT2D eigenvalue weighted by Crippen LogP contribution is -2.07. The van der Waals surface area contributed by atoms with Gasteiger partial charge < -0.3 is 4.57 Å². The Bertz CT molecular complexity index is 612. The molecule has 0 bridgehead atoms. The van der Waals surface area contributed by atoms with Crippen molar-refractivity contribution >= 4 is 56.0 Å². The van der Waals surface area contributed by atoms with Gasteiger partial charge in [0.1, 0.15) is 5.82 Å². The standard InChI is InChI=1S/C13H16ClIN2OS/c1-9(14)13-16-11-8-10(15)4-5-12(11)17(13)6-3-7-19(2)18/h4-5,8-9H,3,6-7H2,1-2H3. The number of nitrogens with zero attached hydrogens (tertiary/aromatic N) is 2. The summed E-state index contributed by atoms with van der Waals surface area (Å²) in [5.74, 6) is 1.60. The third kappa shape index (κ3) is 3.70. The molecule has 0 amide bonds. The molecule has 0 spiro atoms. The molecular weight excluding hydrogens is 395 g/mol. The van der Waals surface area contributed by atoms with Crippen molar-refractivity contribution in [2.45, 2.75) is 25.3 Å². The highest BCUT2D eigenvalue weighted by atomic mass is 127. The minimum absolute atomic E-state index is 0.128. The van der Waals surface area contributed by atoms with Crippen LogP contribution in [-0.2, 0) is 17.3 Å². The van der Waals surface area contributed by atoms with Gasteiger partial charge in [0, 0.05) is 32.9 Å². The van der Waals surface area contributed by atoms with E-state index < -0.39 is 10.8 Å². The van der Waals surface area contributed by atoms with Crippen molar-refractivity contribution in [3.8, 4) is 0 Å². The number of rotatable bonds is 5. The smallest absolute Gasteiger partial charge is 0.127 e. The summed E-state index contributed by atoms with van der Waals surface area (Å²) >= 11 is 8.50. The molecule has 0 aliphatic heterocycles. The minimum Gasteiger partial charge on any atom is -0.327 e. The molecule has 1 aromatic heterocycles. The molecule has 2 rings (SSSR count). The van der Waals surface area contributed by atoms with Crippen molar-refractivity contribution < 1.29 is 4.21 Å². The number of alkyl halides is 1. The summed E-state index contributed by atoms with van der Waals surface area (Å²) in [5, 5.41) is -0.128. The van der Waals surface area contributed by atoms with Gasteiger partial charge in [-0.3, -0.25) is 4.21 Å². The fraction of sp³-hybridized carbons (Fsp3) is 0.462. The van der Waals surface area contributed by atoms with Gasteiger partial charge in [-0.2, -0.15) is 0 Å². The Morgan fingerprint density at radius 3 is 2.89 bits per heavy atom. The Labute approximate surface area is 134 Å². The van der Waals surface area contributed by atoms with Gasteiger partial charge in [-0.05, 0) is 54.1 Å². The summed E-state index contributed by atoms with van der Waals surface area (Å²) in [5.41, 5.74) is 2.08. The van der Waals surface area contributed by atoms with Crippen LogP contribution in [0.2, 0.25) is 0 Å². The number of imidazole rings is 1. The molecule has 0 aliphatic rings. The molecule has 1 heterocycles. The lowest BCUT2D eigenvalue weighted by molar-refractivity contribution is 0.646. The third-order valence-electron chi connectivity index (χ3n) is 2.91. The summed E-state index contributed by atoms with van der Waals surface area (Å²) in [6.07, 6.45) is 2.61. The molecule has 0 saturated carbocycles. The Kier molecular flexibility index (Phi) is 5.25. The van der Waals surface area contributed by atoms with Crippen LogP contribution in [0.5, 0.6) is 0 Å². The summed E-state index contributed by atoms with van der Waals surface area (Å²) in [4.78, 5) is 4.62. The number of hydrogen-bond acceptors (Lipinski definition) is 2. The van der Waals surface area contributed by atoms with E-state index in [1.54, 1.807) is 6.26 Å². The predicted octanol–water partition coefficient (Wildman–Crippen LogP) is 3.71. The lowest BCUT2D eigenvalue weighted by Gasteiger charge is -2.09. The van der Waals surface area contributed by atoms with Crippen molar-refractivity contribution in [2.75, 3.05) is 12.0 Å². The second-order valence-electron chi connectivity index (χ2n) is 4.50. The average molecular weight is 411 g/mol. The van der Waals surface area contributed by atoms with Crippen LogP contribution in [-0.4, -0.2) is 25.8 Å². The molecule has 2 aromatic rings. The molecule has 2 atom stereocenters. The SMILES string of the molecule is CC(Cl)c1nc2cc(I)ccc2n1CCCS(C)=O. The summed E-state index contributed by atoms with van der Waals surface area (Å²) in [6, 6.07) is 6.21. The molecule has 104 valence electrons. The molecule has 1 aromatic carbocycles. The van der Waals surface area contributed by atoms with Gasteiger partial charge in [0.2, 0.25) is 0 Å². The van der Waals surface area contributed by atoms with Crippen LogP contribution in [0, 0.1) is 3.57 Å². The van der Waals surface area contributed by atoms with Crippen molar-refractivity contribution in [1.82, 2.24) is 9.55 Å². The van der Waals surface area contributed by atoms with Crippen molar-refractivity contribution in [3.05, 3.63) is 27.6 Å². The first-order valence-corrected chi connectivity index (χ1v) is 9.33. The topological polar surface area (TPSA) is 34.9 Å². The number of halogens is 2. The number of aromatic nitrogens is 2. The number of hydrogen-bond donors (Lipinski definition) is 0. The van der Waals surface area contributed by atoms with Gasteiger partial charge >= 0.3 is 0 Å². The highest BCUT2D eigenvalue weighted by molar-refractivity contribution is 14.1. The van der Waals surface area contributed by atoms with E-state index in [2.05, 4.69) is 50.3 Å². The minimum atomic E-state index is -0.750. The van der Waals surface area contributed by atoms with E-state index in [9.17, 15) is 4.21 Å². The zero-order valence-electron chi connectivity index (χ0n) is 10.9. The highest BCUT2D eigenvalue weighted by Gasteiger charge is 2.14. The van der Waals surface area contributed by atoms with Crippen LogP contribution in [0.3, 0.4) is 0 Å². The van der Waals surface area contributed by atoms with Gasteiger partial charge in [-0.25, -0.2) is 4.98 Å². The largest absolute Gasteiger partial charge is 0.327 e. The van der Waals surface area contributed by atoms with E-state index in [1.807, 2.05) is 6.92 Å². The molecule has 2 unspecified atom stereocenters. The summed E-state index contributed by atoms with van der Waals surface area (Å²) < 4.78 is 14.5. The first-order chi connectivity index (χ1) is 8.99. The third-order valence-corrected chi connectivity index (χ3v) is 4.64. The molecule has 0 N–H and O–H groups in total. The average Bonchev–Trinajstić information content (AvgIpc) is 2.67. The van der Waals surface area contributed by atoms with Gasteiger partial charge in [0.25, 0.3) is 0 Å². The quantitative estimate of drug-likeness (QED) is 0.556. The monoisotopic (exact) mass is 410 g/mol. The van der Waals surface area contributed by atoms with Crippen LogP contribution >= 0.6 is 34.2 Å². The van der Waals surface area contributed by atoms with Crippen molar-refractivity contribution in [1.29, 1.82) is 0 Å². The van der Waals surface area contributed by atoms with Crippen LogP contribution in [0.15, 0.2) is 18.2 Å². The molecule has 0 fully saturated rings. The normalized spacial score (nSPS) is 14.7. The van der Waals surface area contributed by atoms with Crippen molar-refractivity contribution in [3.63, 3.8) is 0 Å².